The number of halogens is 2. The fourth-order valence-corrected chi connectivity index (χ4v) is 2.91. The van der Waals surface area contributed by atoms with Gasteiger partial charge in [0.1, 0.15) is 10.8 Å². The smallest absolute Gasteiger partial charge is 0.338 e. The molecule has 0 spiro atoms. The van der Waals surface area contributed by atoms with E-state index in [1.807, 2.05) is 6.92 Å². The van der Waals surface area contributed by atoms with Gasteiger partial charge >= 0.3 is 5.97 Å². The molecule has 1 heterocycles. The zero-order valence-corrected chi connectivity index (χ0v) is 13.3. The molecule has 1 aromatic heterocycles. The van der Waals surface area contributed by atoms with E-state index in [2.05, 4.69) is 21.2 Å². The number of carboxylic acid groups (broad SMARTS) is 1. The lowest BCUT2D eigenvalue weighted by atomic mass is 10.2. The van der Waals surface area contributed by atoms with Crippen molar-refractivity contribution in [1.29, 1.82) is 0 Å². The predicted molar refractivity (Wildman–Crippen MR) is 82.7 cm³/mol. The lowest BCUT2D eigenvalue weighted by Gasteiger charge is -2.05. The molecule has 0 unspecified atom stereocenters. The molecule has 1 amide bonds. The van der Waals surface area contributed by atoms with Crippen LogP contribution in [0, 0.1) is 5.82 Å². The first kappa shape index (κ1) is 15.7. The Morgan fingerprint density at radius 1 is 1.38 bits per heavy atom. The number of rotatable bonds is 4. The molecule has 0 aliphatic heterocycles. The lowest BCUT2D eigenvalue weighted by molar-refractivity contribution is 0.0698. The van der Waals surface area contributed by atoms with Gasteiger partial charge in [0.2, 0.25) is 0 Å². The standard InChI is InChI=1S/C14H11BrFNO3S/c1-2-8-6-9(14(19)20)13(21-8)17-12(18)7-3-4-10(15)11(16)5-7/h3-6H,2H2,1H3,(H,17,18)(H,19,20). The number of carbonyl (C=O) groups is 2. The van der Waals surface area contributed by atoms with Crippen molar-refractivity contribution in [3.05, 3.63) is 50.6 Å². The number of amides is 1. The second kappa shape index (κ2) is 6.36. The van der Waals surface area contributed by atoms with Crippen LogP contribution in [0.4, 0.5) is 9.39 Å². The maximum Gasteiger partial charge on any atom is 0.338 e. The first-order valence-electron chi connectivity index (χ1n) is 6.04. The van der Waals surface area contributed by atoms with Crippen LogP contribution in [0.2, 0.25) is 0 Å². The van der Waals surface area contributed by atoms with Crippen molar-refractivity contribution in [3.8, 4) is 0 Å². The summed E-state index contributed by atoms with van der Waals surface area (Å²) in [6, 6.07) is 5.50. The Morgan fingerprint density at radius 2 is 2.10 bits per heavy atom. The summed E-state index contributed by atoms with van der Waals surface area (Å²) in [5.74, 6) is -2.21. The summed E-state index contributed by atoms with van der Waals surface area (Å²) in [4.78, 5) is 24.1. The molecular formula is C14H11BrFNO3S. The molecule has 0 radical (unpaired) electrons. The number of nitrogens with one attached hydrogen (secondary N) is 1. The average molecular weight is 372 g/mol. The Hall–Kier alpha value is -1.73. The largest absolute Gasteiger partial charge is 0.478 e. The first-order chi connectivity index (χ1) is 9.92. The van der Waals surface area contributed by atoms with Crippen molar-refractivity contribution in [1.82, 2.24) is 0 Å². The summed E-state index contributed by atoms with van der Waals surface area (Å²) in [5, 5.41) is 11.9. The molecular weight excluding hydrogens is 361 g/mol. The normalized spacial score (nSPS) is 10.4. The third kappa shape index (κ3) is 3.48. The Kier molecular flexibility index (Phi) is 4.74. The molecule has 21 heavy (non-hydrogen) atoms. The summed E-state index contributed by atoms with van der Waals surface area (Å²) in [6.07, 6.45) is 0.674. The van der Waals surface area contributed by atoms with Crippen molar-refractivity contribution in [2.45, 2.75) is 13.3 Å². The minimum absolute atomic E-state index is 0.0442. The van der Waals surface area contributed by atoms with Gasteiger partial charge in [-0.1, -0.05) is 6.92 Å². The van der Waals surface area contributed by atoms with E-state index in [0.29, 0.717) is 6.42 Å². The summed E-state index contributed by atoms with van der Waals surface area (Å²) in [5.41, 5.74) is 0.168. The maximum atomic E-state index is 13.4. The molecule has 2 rings (SSSR count). The Balaban J connectivity index is 2.28. The molecule has 0 fully saturated rings. The van der Waals surface area contributed by atoms with E-state index < -0.39 is 17.7 Å². The van der Waals surface area contributed by atoms with Crippen LogP contribution in [0.3, 0.4) is 0 Å². The van der Waals surface area contributed by atoms with E-state index in [1.54, 1.807) is 0 Å². The van der Waals surface area contributed by atoms with E-state index in [1.165, 1.54) is 29.5 Å². The van der Waals surface area contributed by atoms with Gasteiger partial charge in [-0.25, -0.2) is 9.18 Å². The van der Waals surface area contributed by atoms with E-state index in [4.69, 9.17) is 5.11 Å². The Bertz CT molecular complexity index is 714. The van der Waals surface area contributed by atoms with E-state index in [0.717, 1.165) is 10.9 Å². The predicted octanol–water partition coefficient (Wildman–Crippen LogP) is 4.16. The van der Waals surface area contributed by atoms with Crippen molar-refractivity contribution in [3.63, 3.8) is 0 Å². The number of carboxylic acids is 1. The van der Waals surface area contributed by atoms with Crippen molar-refractivity contribution in [2.75, 3.05) is 5.32 Å². The topological polar surface area (TPSA) is 66.4 Å². The van der Waals surface area contributed by atoms with Crippen LogP contribution in [0.1, 0.15) is 32.5 Å². The number of anilines is 1. The number of benzene rings is 1. The molecule has 0 bridgehead atoms. The molecule has 110 valence electrons. The third-order valence-electron chi connectivity index (χ3n) is 2.77. The number of thiophene rings is 1. The van der Waals surface area contributed by atoms with Gasteiger partial charge in [-0.2, -0.15) is 0 Å². The highest BCUT2D eigenvalue weighted by atomic mass is 79.9. The summed E-state index contributed by atoms with van der Waals surface area (Å²) >= 11 is 4.21. The van der Waals surface area contributed by atoms with Crippen LogP contribution >= 0.6 is 27.3 Å². The van der Waals surface area contributed by atoms with Gasteiger partial charge in [-0.05, 0) is 46.6 Å². The fourth-order valence-electron chi connectivity index (χ4n) is 1.68. The molecule has 2 N–H and O–H groups in total. The van der Waals surface area contributed by atoms with Crippen molar-refractivity contribution < 1.29 is 19.1 Å². The van der Waals surface area contributed by atoms with Crippen LogP contribution < -0.4 is 5.32 Å². The first-order valence-corrected chi connectivity index (χ1v) is 7.65. The van der Waals surface area contributed by atoms with Crippen LogP contribution in [-0.4, -0.2) is 17.0 Å². The highest BCUT2D eigenvalue weighted by Crippen LogP contribution is 2.29. The van der Waals surface area contributed by atoms with Gasteiger partial charge in [-0.3, -0.25) is 4.79 Å². The molecule has 0 atom stereocenters. The van der Waals surface area contributed by atoms with Crippen molar-refractivity contribution in [2.24, 2.45) is 0 Å². The molecule has 2 aromatic rings. The fraction of sp³-hybridized carbons (Fsp3) is 0.143. The summed E-state index contributed by atoms with van der Waals surface area (Å²) in [7, 11) is 0. The third-order valence-corrected chi connectivity index (χ3v) is 4.61. The van der Waals surface area contributed by atoms with Gasteiger partial charge in [-0.15, -0.1) is 11.3 Å². The van der Waals surface area contributed by atoms with E-state index >= 15 is 0 Å². The molecule has 0 saturated heterocycles. The Labute approximate surface area is 132 Å². The van der Waals surface area contributed by atoms with E-state index in [9.17, 15) is 14.0 Å². The zero-order chi connectivity index (χ0) is 15.6. The monoisotopic (exact) mass is 371 g/mol. The quantitative estimate of drug-likeness (QED) is 0.847. The number of aromatic carboxylic acids is 1. The highest BCUT2D eigenvalue weighted by Gasteiger charge is 2.18. The van der Waals surface area contributed by atoms with Crippen LogP contribution in [0.25, 0.3) is 0 Å². The number of carbonyl (C=O) groups excluding carboxylic acids is 1. The van der Waals surface area contributed by atoms with Crippen LogP contribution in [0.5, 0.6) is 0 Å². The van der Waals surface area contributed by atoms with Gasteiger partial charge in [0.15, 0.2) is 0 Å². The van der Waals surface area contributed by atoms with Gasteiger partial charge < -0.3 is 10.4 Å². The second-order valence-corrected chi connectivity index (χ2v) is 6.19. The van der Waals surface area contributed by atoms with Crippen LogP contribution in [0.15, 0.2) is 28.7 Å². The van der Waals surface area contributed by atoms with Gasteiger partial charge in [0, 0.05) is 10.4 Å². The molecule has 7 heteroatoms. The molecule has 0 aliphatic rings. The zero-order valence-electron chi connectivity index (χ0n) is 10.9. The maximum absolute atomic E-state index is 13.4. The molecule has 0 aliphatic carbocycles. The second-order valence-electron chi connectivity index (χ2n) is 4.20. The van der Waals surface area contributed by atoms with Gasteiger partial charge in [0.05, 0.1) is 10.0 Å². The molecule has 0 saturated carbocycles. The SMILES string of the molecule is CCc1cc(C(=O)O)c(NC(=O)c2ccc(Br)c(F)c2)s1. The molecule has 1 aromatic carbocycles. The average Bonchev–Trinajstić information content (AvgIpc) is 2.85. The Morgan fingerprint density at radius 3 is 2.67 bits per heavy atom. The minimum Gasteiger partial charge on any atom is -0.478 e. The number of aryl methyl sites for hydroxylation is 1. The highest BCUT2D eigenvalue weighted by molar-refractivity contribution is 9.10. The number of hydrogen-bond acceptors (Lipinski definition) is 3. The summed E-state index contributed by atoms with van der Waals surface area (Å²) in [6.45, 7) is 1.90. The number of hydrogen-bond donors (Lipinski definition) is 2. The summed E-state index contributed by atoms with van der Waals surface area (Å²) < 4.78 is 13.7. The van der Waals surface area contributed by atoms with E-state index in [-0.39, 0.29) is 20.6 Å². The minimum atomic E-state index is -1.11. The van der Waals surface area contributed by atoms with Crippen molar-refractivity contribution >= 4 is 44.1 Å². The molecule has 4 nitrogen and oxygen atoms in total. The lowest BCUT2D eigenvalue weighted by Crippen LogP contribution is -2.13. The van der Waals surface area contributed by atoms with Crippen LogP contribution in [-0.2, 0) is 6.42 Å². The van der Waals surface area contributed by atoms with Gasteiger partial charge in [0.25, 0.3) is 5.91 Å².